The molecule has 2 amide bonds. The van der Waals surface area contributed by atoms with Crippen LogP contribution in [0.2, 0.25) is 18.6 Å². The van der Waals surface area contributed by atoms with Gasteiger partial charge < -0.3 is 24.4 Å². The summed E-state index contributed by atoms with van der Waals surface area (Å²) in [6.45, 7) is 8.56. The summed E-state index contributed by atoms with van der Waals surface area (Å²) in [4.78, 5) is 29.3. The first-order valence-corrected chi connectivity index (χ1v) is 18.9. The number of carbonyl (C=O) groups excluding carboxylic acids is 2. The van der Waals surface area contributed by atoms with Crippen LogP contribution in [0.5, 0.6) is 5.75 Å². The minimum absolute atomic E-state index is 0.0152. The molecule has 3 aromatic rings. The third-order valence-corrected chi connectivity index (χ3v) is 14.1. The molecule has 7 nitrogen and oxygen atoms in total. The summed E-state index contributed by atoms with van der Waals surface area (Å²) in [7, 11) is -0.432. The minimum atomic E-state index is -2.12. The third kappa shape index (κ3) is 7.09. The van der Waals surface area contributed by atoms with Crippen LogP contribution in [-0.2, 0) is 27.3 Å². The average Bonchev–Trinajstić information content (AvgIpc) is 3.34. The summed E-state index contributed by atoms with van der Waals surface area (Å²) in [5, 5.41) is 11.1. The molecule has 0 aliphatic carbocycles. The molecule has 2 aliphatic heterocycles. The van der Waals surface area contributed by atoms with E-state index in [9.17, 15) is 14.7 Å². The van der Waals surface area contributed by atoms with E-state index in [1.807, 2.05) is 59.5 Å². The Labute approximate surface area is 262 Å². The van der Waals surface area contributed by atoms with E-state index in [2.05, 4.69) is 44.3 Å². The van der Waals surface area contributed by atoms with Gasteiger partial charge >= 0.3 is 0 Å². The normalized spacial score (nSPS) is 21.7. The topological polar surface area (TPSA) is 79.3 Å². The van der Waals surface area contributed by atoms with Crippen molar-refractivity contribution in [2.24, 2.45) is 5.92 Å². The van der Waals surface area contributed by atoms with Crippen molar-refractivity contribution in [2.45, 2.75) is 70.0 Å². The van der Waals surface area contributed by atoms with Gasteiger partial charge in [-0.25, -0.2) is 0 Å². The lowest BCUT2D eigenvalue weighted by molar-refractivity contribution is -0.135. The summed E-state index contributed by atoms with van der Waals surface area (Å²) in [5.41, 5.74) is 3.46. The van der Waals surface area contributed by atoms with Crippen molar-refractivity contribution in [1.29, 1.82) is 0 Å². The van der Waals surface area contributed by atoms with Crippen LogP contribution in [0.15, 0.2) is 78.9 Å². The molecule has 0 radical (unpaired) electrons. The van der Waals surface area contributed by atoms with E-state index in [4.69, 9.17) is 9.47 Å². The van der Waals surface area contributed by atoms with Gasteiger partial charge in [-0.3, -0.25) is 9.59 Å². The molecule has 0 aromatic heterocycles. The fraction of sp³-hybridized carbons (Fsp3) is 0.444. The number of β-lactam (4-membered cyclic amide) rings is 1. The number of carbonyl (C=O) groups is 2. The Balaban J connectivity index is 1.34. The number of hydrogen-bond donors (Lipinski definition) is 1. The molecule has 1 N–H and O–H groups in total. The predicted molar refractivity (Wildman–Crippen MR) is 177 cm³/mol. The highest BCUT2D eigenvalue weighted by atomic mass is 28.3. The van der Waals surface area contributed by atoms with Crippen LogP contribution in [0.25, 0.3) is 0 Å². The van der Waals surface area contributed by atoms with Gasteiger partial charge in [0.1, 0.15) is 5.75 Å². The molecule has 234 valence electrons. The number of aliphatic hydroxyl groups excluding tert-OH is 1. The number of rotatable bonds is 13. The standard InChI is InChI=1S/C36H46N2O5Si/c1-26-32(19-12-27-10-13-29(14-11-27)38-21-20-34(38)40)43-33(36(26)44(3,4)31-17-15-30(42-2)16-18-31)24-35(41)37(22-23-39)25-28-8-6-5-7-9-28/h5-11,13-18,26,32-33,36,39H,12,19-25H2,1-4H3/t26-,32+,33-,36+/m0/s1. The van der Waals surface area contributed by atoms with Gasteiger partial charge in [-0.15, -0.1) is 0 Å². The van der Waals surface area contributed by atoms with E-state index in [-0.39, 0.29) is 42.1 Å². The van der Waals surface area contributed by atoms with Crippen molar-refractivity contribution in [3.63, 3.8) is 0 Å². The highest BCUT2D eigenvalue weighted by Gasteiger charge is 2.51. The Morgan fingerprint density at radius 1 is 1.00 bits per heavy atom. The van der Waals surface area contributed by atoms with Gasteiger partial charge in [-0.05, 0) is 59.7 Å². The average molecular weight is 615 g/mol. The zero-order valence-corrected chi connectivity index (χ0v) is 27.4. The van der Waals surface area contributed by atoms with E-state index >= 15 is 0 Å². The molecular formula is C36H46N2O5Si. The highest BCUT2D eigenvalue weighted by Crippen LogP contribution is 2.46. The number of aryl methyl sites for hydroxylation is 1. The van der Waals surface area contributed by atoms with Gasteiger partial charge in [-0.2, -0.15) is 0 Å². The van der Waals surface area contributed by atoms with Gasteiger partial charge in [0.05, 0.1) is 40.4 Å². The van der Waals surface area contributed by atoms with Gasteiger partial charge in [0.2, 0.25) is 11.8 Å². The zero-order valence-electron chi connectivity index (χ0n) is 26.4. The van der Waals surface area contributed by atoms with Crippen molar-refractivity contribution >= 4 is 30.8 Å². The first-order chi connectivity index (χ1) is 21.2. The van der Waals surface area contributed by atoms with E-state index in [0.29, 0.717) is 25.9 Å². The molecule has 8 heteroatoms. The second-order valence-corrected chi connectivity index (χ2v) is 17.5. The Morgan fingerprint density at radius 2 is 1.70 bits per heavy atom. The second-order valence-electron chi connectivity index (χ2n) is 12.8. The fourth-order valence-electron chi connectivity index (χ4n) is 7.10. The van der Waals surface area contributed by atoms with Crippen LogP contribution in [0.1, 0.15) is 37.3 Å². The molecular weight excluding hydrogens is 568 g/mol. The summed E-state index contributed by atoms with van der Waals surface area (Å²) in [5.74, 6) is 1.31. The Morgan fingerprint density at radius 3 is 2.30 bits per heavy atom. The third-order valence-electron chi connectivity index (χ3n) is 9.70. The number of methoxy groups -OCH3 is 1. The zero-order chi connectivity index (χ0) is 31.3. The number of anilines is 1. The number of amides is 2. The lowest BCUT2D eigenvalue weighted by Crippen LogP contribution is -2.51. The molecule has 0 spiro atoms. The lowest BCUT2D eigenvalue weighted by atomic mass is 9.95. The van der Waals surface area contributed by atoms with Gasteiger partial charge in [0.25, 0.3) is 0 Å². The highest BCUT2D eigenvalue weighted by molar-refractivity contribution is 6.91. The van der Waals surface area contributed by atoms with Crippen LogP contribution in [0.3, 0.4) is 0 Å². The monoisotopic (exact) mass is 614 g/mol. The number of ether oxygens (including phenoxy) is 2. The molecule has 0 unspecified atom stereocenters. The fourth-order valence-corrected chi connectivity index (χ4v) is 11.2. The summed E-state index contributed by atoms with van der Waals surface area (Å²) < 4.78 is 12.3. The van der Waals surface area contributed by atoms with Gasteiger partial charge in [0.15, 0.2) is 0 Å². The molecule has 3 aromatic carbocycles. The van der Waals surface area contributed by atoms with Crippen LogP contribution >= 0.6 is 0 Å². The van der Waals surface area contributed by atoms with Crippen LogP contribution in [0.4, 0.5) is 5.69 Å². The first kappa shape index (κ1) is 31.9. The number of nitrogens with zero attached hydrogens (tertiary/aromatic N) is 2. The Bertz CT molecular complexity index is 1400. The van der Waals surface area contributed by atoms with Crippen molar-refractivity contribution in [1.82, 2.24) is 4.90 Å². The molecule has 0 saturated carbocycles. The van der Waals surface area contributed by atoms with Crippen molar-refractivity contribution in [3.8, 4) is 5.75 Å². The quantitative estimate of drug-likeness (QED) is 0.213. The summed E-state index contributed by atoms with van der Waals surface area (Å²) >= 11 is 0. The number of hydrogen-bond acceptors (Lipinski definition) is 5. The SMILES string of the molecule is COc1ccc([Si](C)(C)[C@@H]2[C@@H](C)[C@@H](CCc3ccc(N4CCC4=O)cc3)O[C@H]2CC(=O)N(CCO)Cc2ccccc2)cc1. The molecule has 2 fully saturated rings. The number of aliphatic hydroxyl groups is 1. The van der Waals surface area contributed by atoms with E-state index in [1.165, 1.54) is 10.8 Å². The Kier molecular flexibility index (Phi) is 10.2. The first-order valence-electron chi connectivity index (χ1n) is 15.8. The summed E-state index contributed by atoms with van der Waals surface area (Å²) in [6.07, 6.45) is 2.48. The molecule has 4 atom stereocenters. The maximum Gasteiger partial charge on any atom is 0.228 e. The molecule has 2 saturated heterocycles. The second kappa shape index (κ2) is 14.1. The van der Waals surface area contributed by atoms with E-state index in [1.54, 1.807) is 12.0 Å². The van der Waals surface area contributed by atoms with Crippen molar-refractivity contribution < 1.29 is 24.2 Å². The molecule has 0 bridgehead atoms. The maximum absolute atomic E-state index is 13.8. The molecule has 5 rings (SSSR count). The lowest BCUT2D eigenvalue weighted by Gasteiger charge is -2.36. The van der Waals surface area contributed by atoms with Crippen LogP contribution in [-0.4, -0.2) is 68.9 Å². The number of benzene rings is 3. The van der Waals surface area contributed by atoms with Crippen LogP contribution < -0.4 is 14.8 Å². The van der Waals surface area contributed by atoms with E-state index in [0.717, 1.165) is 36.4 Å². The van der Waals surface area contributed by atoms with Crippen molar-refractivity contribution in [3.05, 3.63) is 90.0 Å². The van der Waals surface area contributed by atoms with Crippen LogP contribution in [0, 0.1) is 5.92 Å². The molecule has 2 heterocycles. The van der Waals surface area contributed by atoms with E-state index < -0.39 is 8.07 Å². The predicted octanol–water partition coefficient (Wildman–Crippen LogP) is 5.17. The van der Waals surface area contributed by atoms with Crippen molar-refractivity contribution in [2.75, 3.05) is 31.7 Å². The summed E-state index contributed by atoms with van der Waals surface area (Å²) in [6, 6.07) is 26.7. The molecule has 44 heavy (non-hydrogen) atoms. The largest absolute Gasteiger partial charge is 0.497 e. The van der Waals surface area contributed by atoms with Gasteiger partial charge in [0, 0.05) is 31.7 Å². The minimum Gasteiger partial charge on any atom is -0.497 e. The van der Waals surface area contributed by atoms with Gasteiger partial charge in [-0.1, -0.05) is 79.8 Å². The molecule has 2 aliphatic rings. The smallest absolute Gasteiger partial charge is 0.228 e. The Hall–Kier alpha value is -3.46. The maximum atomic E-state index is 13.8.